The summed E-state index contributed by atoms with van der Waals surface area (Å²) >= 11 is 0. The summed E-state index contributed by atoms with van der Waals surface area (Å²) in [5, 5.41) is 14.1. The Morgan fingerprint density at radius 3 is 2.96 bits per heavy atom. The van der Waals surface area contributed by atoms with E-state index in [2.05, 4.69) is 37.5 Å². The van der Waals surface area contributed by atoms with Gasteiger partial charge < -0.3 is 10.1 Å². The van der Waals surface area contributed by atoms with Crippen LogP contribution < -0.4 is 10.1 Å². The maximum atomic E-state index is 12.8. The molecule has 0 aliphatic heterocycles. The first-order valence-electron chi connectivity index (χ1n) is 8.93. The van der Waals surface area contributed by atoms with Gasteiger partial charge >= 0.3 is 0 Å². The molecule has 0 unspecified atom stereocenters. The average Bonchev–Trinajstić information content (AvgIpc) is 3.18. The van der Waals surface area contributed by atoms with Gasteiger partial charge in [-0.05, 0) is 32.1 Å². The molecule has 0 radical (unpaired) electrons. The van der Waals surface area contributed by atoms with E-state index in [4.69, 9.17) is 4.74 Å². The molecule has 0 aromatic carbocycles. The van der Waals surface area contributed by atoms with Gasteiger partial charge in [0.15, 0.2) is 5.75 Å². The van der Waals surface area contributed by atoms with Gasteiger partial charge in [-0.15, -0.1) is 5.10 Å². The van der Waals surface area contributed by atoms with Crippen LogP contribution in [0.4, 0.5) is 10.3 Å². The third-order valence-corrected chi connectivity index (χ3v) is 4.54. The molecular formula is C17H22FN7O. The van der Waals surface area contributed by atoms with Gasteiger partial charge in [0.1, 0.15) is 24.8 Å². The van der Waals surface area contributed by atoms with Gasteiger partial charge in [-0.25, -0.2) is 9.37 Å². The zero-order valence-corrected chi connectivity index (χ0v) is 14.8. The van der Waals surface area contributed by atoms with Crippen LogP contribution in [0.25, 0.3) is 16.9 Å². The lowest BCUT2D eigenvalue weighted by molar-refractivity contribution is 0.175. The second-order valence-corrected chi connectivity index (χ2v) is 6.71. The average molecular weight is 359 g/mol. The van der Waals surface area contributed by atoms with Gasteiger partial charge in [0.2, 0.25) is 11.6 Å². The van der Waals surface area contributed by atoms with Gasteiger partial charge in [-0.3, -0.25) is 5.10 Å². The number of hydrogen-bond acceptors (Lipinski definition) is 6. The molecule has 26 heavy (non-hydrogen) atoms. The predicted octanol–water partition coefficient (Wildman–Crippen LogP) is 2.85. The molecule has 9 heteroatoms. The predicted molar refractivity (Wildman–Crippen MR) is 94.9 cm³/mol. The lowest BCUT2D eigenvalue weighted by Crippen LogP contribution is -2.19. The topological polar surface area (TPSA) is 93.0 Å². The van der Waals surface area contributed by atoms with Crippen LogP contribution in [0.1, 0.15) is 33.1 Å². The van der Waals surface area contributed by atoms with Gasteiger partial charge in [0.25, 0.3) is 0 Å². The molecule has 3 aromatic rings. The molecule has 0 bridgehead atoms. The molecule has 1 aliphatic rings. The first kappa shape index (κ1) is 16.7. The zero-order valence-electron chi connectivity index (χ0n) is 14.8. The summed E-state index contributed by atoms with van der Waals surface area (Å²) in [7, 11) is 0. The zero-order chi connectivity index (χ0) is 18.1. The summed E-state index contributed by atoms with van der Waals surface area (Å²) in [6.45, 7) is 3.35. The fourth-order valence-electron chi connectivity index (χ4n) is 2.98. The smallest absolute Gasteiger partial charge is 0.243 e. The first-order valence-corrected chi connectivity index (χ1v) is 8.93. The molecule has 0 saturated heterocycles. The number of fused-ring (bicyclic) bond motifs is 1. The van der Waals surface area contributed by atoms with Crippen molar-refractivity contribution >= 4 is 11.6 Å². The first-order chi connectivity index (χ1) is 12.7. The van der Waals surface area contributed by atoms with Gasteiger partial charge in [0.05, 0.1) is 12.2 Å². The number of hydrogen-bond donors (Lipinski definition) is 2. The summed E-state index contributed by atoms with van der Waals surface area (Å²) < 4.78 is 20.7. The Balaban J connectivity index is 1.78. The minimum absolute atomic E-state index is 0.117. The van der Waals surface area contributed by atoms with E-state index in [9.17, 15) is 4.39 Å². The van der Waals surface area contributed by atoms with E-state index < -0.39 is 6.67 Å². The van der Waals surface area contributed by atoms with Crippen LogP contribution in [0.5, 0.6) is 5.75 Å². The summed E-state index contributed by atoms with van der Waals surface area (Å²) in [5.74, 6) is 1.51. The van der Waals surface area contributed by atoms with Gasteiger partial charge in [-0.1, -0.05) is 6.92 Å². The van der Waals surface area contributed by atoms with Crippen molar-refractivity contribution in [2.45, 2.75) is 45.3 Å². The third kappa shape index (κ3) is 3.21. The van der Waals surface area contributed by atoms with E-state index in [1.807, 2.05) is 0 Å². The van der Waals surface area contributed by atoms with Crippen LogP contribution in [0, 0.1) is 5.92 Å². The van der Waals surface area contributed by atoms with Crippen molar-refractivity contribution in [3.05, 3.63) is 18.7 Å². The molecule has 2 atom stereocenters. The highest BCUT2D eigenvalue weighted by Gasteiger charge is 2.33. The summed E-state index contributed by atoms with van der Waals surface area (Å²) in [6, 6.07) is -0.368. The quantitative estimate of drug-likeness (QED) is 0.642. The number of halogens is 1. The van der Waals surface area contributed by atoms with Crippen LogP contribution in [-0.4, -0.2) is 48.6 Å². The summed E-state index contributed by atoms with van der Waals surface area (Å²) in [4.78, 5) is 9.02. The van der Waals surface area contributed by atoms with Crippen molar-refractivity contribution in [1.29, 1.82) is 0 Å². The number of nitrogens with zero attached hydrogens (tertiary/aromatic N) is 5. The van der Waals surface area contributed by atoms with Crippen molar-refractivity contribution in [2.75, 3.05) is 12.0 Å². The highest BCUT2D eigenvalue weighted by Crippen LogP contribution is 2.39. The molecule has 0 spiro atoms. The Kier molecular flexibility index (Phi) is 4.44. The largest absolute Gasteiger partial charge is 0.484 e. The van der Waals surface area contributed by atoms with Crippen LogP contribution >= 0.6 is 0 Å². The molecule has 0 amide bonds. The van der Waals surface area contributed by atoms with Gasteiger partial charge in [-0.2, -0.15) is 14.6 Å². The number of H-pyrrole nitrogens is 1. The molecule has 2 N–H and O–H groups in total. The summed E-state index contributed by atoms with van der Waals surface area (Å²) in [5.41, 5.74) is 2.05. The van der Waals surface area contributed by atoms with Gasteiger partial charge in [0, 0.05) is 11.8 Å². The molecule has 1 aliphatic carbocycles. The van der Waals surface area contributed by atoms with E-state index in [0.717, 1.165) is 12.0 Å². The molecule has 138 valence electrons. The Morgan fingerprint density at radius 1 is 1.46 bits per heavy atom. The van der Waals surface area contributed by atoms with E-state index in [1.165, 1.54) is 12.8 Å². The highest BCUT2D eigenvalue weighted by atomic mass is 19.1. The standard InChI is InChI=1S/C17H22FN7O/c1-3-13(11-4-5-11)26-15-14(12-7-20-21-8-12)19-9-25-16(15)23-17(24-25)22-10(2)6-18/h7-11,13H,3-6H2,1-2H3,(H,20,21)(H,22,24)/t10-,13+/m0/s1. The summed E-state index contributed by atoms with van der Waals surface area (Å²) in [6.07, 6.45) is 8.45. The minimum atomic E-state index is -0.503. The minimum Gasteiger partial charge on any atom is -0.484 e. The fourth-order valence-corrected chi connectivity index (χ4v) is 2.98. The second kappa shape index (κ2) is 6.89. The normalized spacial score (nSPS) is 16.6. The number of anilines is 1. The Bertz CT molecular complexity index is 875. The molecule has 1 fully saturated rings. The Labute approximate surface area is 150 Å². The van der Waals surface area contributed by atoms with Crippen molar-refractivity contribution in [3.8, 4) is 17.0 Å². The molecule has 8 nitrogen and oxygen atoms in total. The molecule has 4 rings (SSSR count). The van der Waals surface area contributed by atoms with Crippen LogP contribution in [0.15, 0.2) is 18.7 Å². The van der Waals surface area contributed by atoms with E-state index in [-0.39, 0.29) is 12.1 Å². The number of alkyl halides is 1. The second-order valence-electron chi connectivity index (χ2n) is 6.71. The van der Waals surface area contributed by atoms with Crippen LogP contribution in [0.2, 0.25) is 0 Å². The number of nitrogens with one attached hydrogen (secondary N) is 2. The SMILES string of the molecule is CC[C@@H](Oc1c(-c2cn[nH]c2)ncn2nc(N[C@@H](C)CF)nc12)C1CC1. The maximum Gasteiger partial charge on any atom is 0.243 e. The molecular weight excluding hydrogens is 337 g/mol. The monoisotopic (exact) mass is 359 g/mol. The van der Waals surface area contributed by atoms with E-state index in [1.54, 1.807) is 30.2 Å². The van der Waals surface area contributed by atoms with E-state index >= 15 is 0 Å². The highest BCUT2D eigenvalue weighted by molar-refractivity contribution is 5.73. The van der Waals surface area contributed by atoms with Crippen molar-refractivity contribution in [1.82, 2.24) is 29.8 Å². The number of rotatable bonds is 8. The van der Waals surface area contributed by atoms with E-state index in [0.29, 0.717) is 29.0 Å². The fraction of sp³-hybridized carbons (Fsp3) is 0.529. The molecule has 3 aromatic heterocycles. The maximum absolute atomic E-state index is 12.8. The third-order valence-electron chi connectivity index (χ3n) is 4.54. The lowest BCUT2D eigenvalue weighted by atomic mass is 10.1. The number of aromatic amines is 1. The van der Waals surface area contributed by atoms with Crippen molar-refractivity contribution in [2.24, 2.45) is 5.92 Å². The number of ether oxygens (including phenoxy) is 1. The number of aromatic nitrogens is 6. The lowest BCUT2D eigenvalue weighted by Gasteiger charge is -2.18. The van der Waals surface area contributed by atoms with Crippen molar-refractivity contribution < 1.29 is 9.13 Å². The van der Waals surface area contributed by atoms with Crippen LogP contribution in [0.3, 0.4) is 0 Å². The molecule has 3 heterocycles. The molecule has 1 saturated carbocycles. The Morgan fingerprint density at radius 2 is 2.31 bits per heavy atom. The van der Waals surface area contributed by atoms with Crippen molar-refractivity contribution in [3.63, 3.8) is 0 Å². The Hall–Kier alpha value is -2.71. The van der Waals surface area contributed by atoms with Crippen LogP contribution in [-0.2, 0) is 0 Å².